The van der Waals surface area contributed by atoms with Gasteiger partial charge in [-0.15, -0.1) is 0 Å². The average molecular weight is 408 g/mol. The highest BCUT2D eigenvalue weighted by Gasteiger charge is 2.40. The zero-order valence-electron chi connectivity index (χ0n) is 17.7. The molecule has 1 amide bonds. The number of piperazine rings is 1. The highest BCUT2D eigenvalue weighted by molar-refractivity contribution is 7.80. The lowest BCUT2D eigenvalue weighted by molar-refractivity contribution is -0.00681. The van der Waals surface area contributed by atoms with Crippen molar-refractivity contribution in [1.29, 1.82) is 0 Å². The molecule has 0 spiro atoms. The molecule has 0 aliphatic carbocycles. The molecule has 28 heavy (non-hydrogen) atoms. The molecular weight excluding hydrogens is 374 g/mol. The predicted octanol–water partition coefficient (Wildman–Crippen LogP) is 2.61. The number of hydrogen-bond acceptors (Lipinski definition) is 5. The molecule has 5 N–H and O–H groups in total. The fraction of sp³-hybridized carbons (Fsp3) is 0.600. The van der Waals surface area contributed by atoms with Crippen molar-refractivity contribution in [2.24, 2.45) is 5.84 Å². The molecule has 0 unspecified atom stereocenters. The Morgan fingerprint density at radius 3 is 2.68 bits per heavy atom. The normalized spacial score (nSPS) is 19.9. The van der Waals surface area contributed by atoms with Gasteiger partial charge in [0.15, 0.2) is 5.11 Å². The zero-order valence-corrected chi connectivity index (χ0v) is 18.5. The van der Waals surface area contributed by atoms with E-state index in [0.29, 0.717) is 24.6 Å². The highest BCUT2D eigenvalue weighted by Crippen LogP contribution is 2.30. The van der Waals surface area contributed by atoms with E-state index in [1.165, 1.54) is 0 Å². The summed E-state index contributed by atoms with van der Waals surface area (Å²) in [5, 5.41) is 6.91. The Balaban J connectivity index is 2.32. The van der Waals surface area contributed by atoms with Crippen molar-refractivity contribution in [2.75, 3.05) is 25.0 Å². The summed E-state index contributed by atoms with van der Waals surface area (Å²) in [6.07, 6.45) is 0.429. The number of nitrogens with zero attached hydrogens (tertiary/aromatic N) is 1. The molecule has 1 aliphatic heterocycles. The lowest BCUT2D eigenvalue weighted by Crippen LogP contribution is -2.63. The number of rotatable bonds is 3. The maximum Gasteiger partial charge on any atom is 0.410 e. The molecule has 1 aromatic rings. The van der Waals surface area contributed by atoms with Crippen LogP contribution in [0, 0.1) is 13.8 Å². The van der Waals surface area contributed by atoms with E-state index in [1.807, 2.05) is 45.6 Å². The van der Waals surface area contributed by atoms with Crippen molar-refractivity contribution in [3.63, 3.8) is 0 Å². The number of amides is 1. The van der Waals surface area contributed by atoms with Gasteiger partial charge in [-0.1, -0.05) is 6.07 Å². The van der Waals surface area contributed by atoms with Crippen molar-refractivity contribution in [1.82, 2.24) is 15.6 Å². The van der Waals surface area contributed by atoms with E-state index in [1.54, 1.807) is 0 Å². The van der Waals surface area contributed by atoms with Gasteiger partial charge in [0.05, 0.1) is 5.54 Å². The molecule has 1 aromatic carbocycles. The van der Waals surface area contributed by atoms with Crippen LogP contribution in [-0.4, -0.2) is 46.9 Å². The second-order valence-corrected chi connectivity index (χ2v) is 9.09. The molecule has 0 aromatic heterocycles. The minimum absolute atomic E-state index is 0.270. The number of anilines is 1. The van der Waals surface area contributed by atoms with Crippen LogP contribution < -0.4 is 21.9 Å². The Morgan fingerprint density at radius 2 is 2.07 bits per heavy atom. The molecular formula is C20H33N5O2S. The molecule has 0 saturated carbocycles. The quantitative estimate of drug-likeness (QED) is 0.348. The maximum absolute atomic E-state index is 12.8. The first-order valence-electron chi connectivity index (χ1n) is 9.54. The minimum atomic E-state index is -0.524. The number of hydrogen-bond donors (Lipinski definition) is 4. The van der Waals surface area contributed by atoms with Crippen LogP contribution in [-0.2, 0) is 11.2 Å². The molecule has 0 bridgehead atoms. The van der Waals surface area contributed by atoms with Crippen molar-refractivity contribution < 1.29 is 9.53 Å². The van der Waals surface area contributed by atoms with E-state index in [4.69, 9.17) is 22.8 Å². The summed E-state index contributed by atoms with van der Waals surface area (Å²) in [5.41, 5.74) is 5.79. The molecule has 7 nitrogen and oxygen atoms in total. The average Bonchev–Trinajstić information content (AvgIpc) is 2.57. The van der Waals surface area contributed by atoms with E-state index in [-0.39, 0.29) is 6.09 Å². The Bertz CT molecular complexity index is 747. The van der Waals surface area contributed by atoms with E-state index in [9.17, 15) is 4.79 Å². The third-order valence-corrected chi connectivity index (χ3v) is 5.11. The van der Waals surface area contributed by atoms with Gasteiger partial charge in [0, 0.05) is 25.3 Å². The SMILES string of the molecule is Cc1cc(C[C@@]2(C)CNCCN2C(=O)OC(C)(C)C)c(C)c(NC(=S)NN)c1. The van der Waals surface area contributed by atoms with Crippen molar-refractivity contribution in [2.45, 2.75) is 59.1 Å². The number of carbonyl (C=O) groups excluding carboxylic acids is 1. The van der Waals surface area contributed by atoms with E-state index < -0.39 is 11.1 Å². The van der Waals surface area contributed by atoms with Gasteiger partial charge in [0.2, 0.25) is 0 Å². The van der Waals surface area contributed by atoms with Crippen molar-refractivity contribution >= 4 is 29.1 Å². The molecule has 1 heterocycles. The third kappa shape index (κ3) is 5.56. The molecule has 2 rings (SSSR count). The smallest absolute Gasteiger partial charge is 0.410 e. The van der Waals surface area contributed by atoms with Crippen LogP contribution in [0.1, 0.15) is 44.4 Å². The number of aryl methyl sites for hydroxylation is 1. The van der Waals surface area contributed by atoms with Gasteiger partial charge in [0.25, 0.3) is 0 Å². The number of thiocarbonyl (C=S) groups is 1. The summed E-state index contributed by atoms with van der Waals surface area (Å²) in [6.45, 7) is 13.9. The highest BCUT2D eigenvalue weighted by atomic mass is 32.1. The first kappa shape index (κ1) is 22.4. The fourth-order valence-corrected chi connectivity index (χ4v) is 3.63. The summed E-state index contributed by atoms with van der Waals surface area (Å²) in [7, 11) is 0. The van der Waals surface area contributed by atoms with Gasteiger partial charge in [-0.3, -0.25) is 4.90 Å². The number of carbonyl (C=O) groups is 1. The monoisotopic (exact) mass is 407 g/mol. The number of ether oxygens (including phenoxy) is 1. The van der Waals surface area contributed by atoms with Crippen molar-refractivity contribution in [3.8, 4) is 0 Å². The van der Waals surface area contributed by atoms with E-state index in [0.717, 1.165) is 28.9 Å². The molecule has 1 fully saturated rings. The minimum Gasteiger partial charge on any atom is -0.444 e. The summed E-state index contributed by atoms with van der Waals surface area (Å²) in [4.78, 5) is 14.7. The summed E-state index contributed by atoms with van der Waals surface area (Å²) >= 11 is 5.14. The Labute approximate surface area is 173 Å². The standard InChI is InChI=1S/C20H33N5O2S/c1-13-9-15(14(2)16(10-13)23-17(28)24-21)11-20(6)12-22-7-8-25(20)18(26)27-19(3,4)5/h9-10,22H,7-8,11-12,21H2,1-6H3,(H2,23,24,28)/t20-/m0/s1. The molecule has 1 saturated heterocycles. The number of hydrazine groups is 1. The maximum atomic E-state index is 12.8. The fourth-order valence-electron chi connectivity index (χ4n) is 3.52. The Kier molecular flexibility index (Phi) is 6.90. The van der Waals surface area contributed by atoms with Gasteiger partial charge in [-0.05, 0) is 82.9 Å². The lowest BCUT2D eigenvalue weighted by atomic mass is 9.86. The van der Waals surface area contributed by atoms with Crippen molar-refractivity contribution in [3.05, 3.63) is 28.8 Å². The van der Waals surface area contributed by atoms with Gasteiger partial charge >= 0.3 is 6.09 Å². The summed E-state index contributed by atoms with van der Waals surface area (Å²) < 4.78 is 5.66. The topological polar surface area (TPSA) is 91.7 Å². The van der Waals surface area contributed by atoms with Gasteiger partial charge in [0.1, 0.15) is 5.60 Å². The molecule has 0 radical (unpaired) electrons. The first-order valence-corrected chi connectivity index (χ1v) is 9.95. The summed E-state index contributed by atoms with van der Waals surface area (Å²) in [6, 6.07) is 4.20. The summed E-state index contributed by atoms with van der Waals surface area (Å²) in [5.74, 6) is 5.40. The molecule has 8 heteroatoms. The van der Waals surface area contributed by atoms with Gasteiger partial charge in [-0.25, -0.2) is 10.6 Å². The van der Waals surface area contributed by atoms with Crippen LogP contribution in [0.25, 0.3) is 0 Å². The molecule has 1 aliphatic rings. The van der Waals surface area contributed by atoms with Crippen LogP contribution in [0.5, 0.6) is 0 Å². The number of nitrogens with one attached hydrogen (secondary N) is 3. The Hall–Kier alpha value is -1.90. The molecule has 1 atom stereocenters. The third-order valence-electron chi connectivity index (χ3n) is 4.89. The Morgan fingerprint density at radius 1 is 1.39 bits per heavy atom. The zero-order chi connectivity index (χ0) is 21.1. The van der Waals surface area contributed by atoms with E-state index >= 15 is 0 Å². The number of nitrogens with two attached hydrogens (primary N) is 1. The van der Waals surface area contributed by atoms with Crippen LogP contribution in [0.15, 0.2) is 12.1 Å². The van der Waals surface area contributed by atoms with Crippen LogP contribution in [0.2, 0.25) is 0 Å². The van der Waals surface area contributed by atoms with Crippen LogP contribution >= 0.6 is 12.2 Å². The van der Waals surface area contributed by atoms with Crippen LogP contribution in [0.3, 0.4) is 0 Å². The van der Waals surface area contributed by atoms with Gasteiger partial charge < -0.3 is 20.8 Å². The predicted molar refractivity (Wildman–Crippen MR) is 117 cm³/mol. The van der Waals surface area contributed by atoms with Crippen LogP contribution in [0.4, 0.5) is 10.5 Å². The number of benzene rings is 1. The van der Waals surface area contributed by atoms with Gasteiger partial charge in [-0.2, -0.15) is 0 Å². The largest absolute Gasteiger partial charge is 0.444 e. The second-order valence-electron chi connectivity index (χ2n) is 8.68. The lowest BCUT2D eigenvalue weighted by Gasteiger charge is -2.45. The first-order chi connectivity index (χ1) is 12.9. The van der Waals surface area contributed by atoms with E-state index in [2.05, 4.69) is 29.0 Å². The molecule has 156 valence electrons. The second kappa shape index (κ2) is 8.63.